The summed E-state index contributed by atoms with van der Waals surface area (Å²) in [6.45, 7) is 0.930. The van der Waals surface area contributed by atoms with E-state index < -0.39 is 0 Å². The molecule has 0 atom stereocenters. The fourth-order valence-electron chi connectivity index (χ4n) is 2.27. The largest absolute Gasteiger partial charge is 0.454 e. The summed E-state index contributed by atoms with van der Waals surface area (Å²) < 4.78 is 15.5. The minimum atomic E-state index is -0.281. The maximum atomic E-state index is 12.2. The summed E-state index contributed by atoms with van der Waals surface area (Å²) >= 11 is 0. The van der Waals surface area contributed by atoms with Crippen LogP contribution in [0.15, 0.2) is 30.3 Å². The van der Waals surface area contributed by atoms with Gasteiger partial charge in [-0.1, -0.05) is 6.07 Å². The molecule has 7 nitrogen and oxygen atoms in total. The summed E-state index contributed by atoms with van der Waals surface area (Å²) in [5.74, 6) is 1.29. The number of carbonyl (C=O) groups is 1. The quantitative estimate of drug-likeness (QED) is 0.867. The van der Waals surface area contributed by atoms with Crippen molar-refractivity contribution in [2.75, 3.05) is 19.6 Å². The van der Waals surface area contributed by atoms with Crippen molar-refractivity contribution in [1.82, 2.24) is 10.3 Å². The minimum Gasteiger partial charge on any atom is -0.454 e. The summed E-state index contributed by atoms with van der Waals surface area (Å²) in [4.78, 5) is 16.4. The van der Waals surface area contributed by atoms with Gasteiger partial charge in [-0.05, 0) is 29.8 Å². The topological polar surface area (TPSA) is 95.7 Å². The van der Waals surface area contributed by atoms with Gasteiger partial charge >= 0.3 is 0 Å². The van der Waals surface area contributed by atoms with E-state index in [2.05, 4.69) is 10.3 Å². The number of nitrogens with zero attached hydrogens (tertiary/aromatic N) is 1. The summed E-state index contributed by atoms with van der Waals surface area (Å²) in [6.07, 6.45) is 0. The van der Waals surface area contributed by atoms with Crippen LogP contribution in [0.5, 0.6) is 11.5 Å². The lowest BCUT2D eigenvalue weighted by atomic mass is 10.2. The van der Waals surface area contributed by atoms with Crippen LogP contribution in [0.1, 0.15) is 21.6 Å². The molecular formula is C16H17N3O4. The molecule has 1 amide bonds. The second-order valence-electron chi connectivity index (χ2n) is 5.04. The molecule has 0 radical (unpaired) electrons. The third-order valence-electron chi connectivity index (χ3n) is 3.41. The minimum absolute atomic E-state index is 0.183. The van der Waals surface area contributed by atoms with Gasteiger partial charge in [0, 0.05) is 13.7 Å². The second kappa shape index (κ2) is 6.53. The van der Waals surface area contributed by atoms with Crippen molar-refractivity contribution in [2.24, 2.45) is 0 Å². The molecule has 0 spiro atoms. The van der Waals surface area contributed by atoms with Crippen LogP contribution in [0.25, 0.3) is 0 Å². The lowest BCUT2D eigenvalue weighted by molar-refractivity contribution is 0.0951. The Labute approximate surface area is 133 Å². The molecule has 0 aliphatic carbocycles. The van der Waals surface area contributed by atoms with Crippen LogP contribution in [0.3, 0.4) is 0 Å². The van der Waals surface area contributed by atoms with Crippen LogP contribution < -0.4 is 20.5 Å². The predicted molar refractivity (Wildman–Crippen MR) is 83.1 cm³/mol. The standard InChI is InChI=1S/C16H17N3O4/c1-21-8-11-3-4-12(15(17)19-11)16(20)18-7-10-2-5-13-14(6-10)23-9-22-13/h2-6H,7-9H2,1H3,(H2,17,19)(H,18,20). The molecular weight excluding hydrogens is 298 g/mol. The Morgan fingerprint density at radius 2 is 2.13 bits per heavy atom. The average molecular weight is 315 g/mol. The number of carbonyl (C=O) groups excluding carboxylic acids is 1. The number of hydrogen-bond donors (Lipinski definition) is 2. The number of anilines is 1. The first-order chi connectivity index (χ1) is 11.2. The predicted octanol–water partition coefficient (Wildman–Crippen LogP) is 1.47. The van der Waals surface area contributed by atoms with Gasteiger partial charge in [0.05, 0.1) is 17.9 Å². The smallest absolute Gasteiger partial charge is 0.255 e. The molecule has 0 saturated carbocycles. The van der Waals surface area contributed by atoms with Crippen molar-refractivity contribution in [3.05, 3.63) is 47.2 Å². The van der Waals surface area contributed by atoms with E-state index >= 15 is 0 Å². The Morgan fingerprint density at radius 3 is 2.91 bits per heavy atom. The molecule has 120 valence electrons. The van der Waals surface area contributed by atoms with E-state index in [1.807, 2.05) is 18.2 Å². The lowest BCUT2D eigenvalue weighted by Crippen LogP contribution is -2.24. The summed E-state index contributed by atoms with van der Waals surface area (Å²) in [7, 11) is 1.57. The SMILES string of the molecule is COCc1ccc(C(=O)NCc2ccc3c(c2)OCO3)c(N)n1. The molecule has 1 aromatic heterocycles. The van der Waals surface area contributed by atoms with Crippen molar-refractivity contribution < 1.29 is 19.0 Å². The number of ether oxygens (including phenoxy) is 3. The van der Waals surface area contributed by atoms with Crippen LogP contribution >= 0.6 is 0 Å². The van der Waals surface area contributed by atoms with Crippen molar-refractivity contribution in [3.63, 3.8) is 0 Å². The van der Waals surface area contributed by atoms with Crippen LogP contribution in [-0.4, -0.2) is 24.8 Å². The number of pyridine rings is 1. The number of hydrogen-bond acceptors (Lipinski definition) is 6. The van der Waals surface area contributed by atoms with Gasteiger partial charge in [-0.25, -0.2) is 4.98 Å². The number of methoxy groups -OCH3 is 1. The van der Waals surface area contributed by atoms with E-state index in [-0.39, 0.29) is 18.5 Å². The van der Waals surface area contributed by atoms with Crippen molar-refractivity contribution in [3.8, 4) is 11.5 Å². The number of rotatable bonds is 5. The molecule has 1 aliphatic rings. The average Bonchev–Trinajstić information content (AvgIpc) is 3.00. The first-order valence-electron chi connectivity index (χ1n) is 7.08. The molecule has 0 bridgehead atoms. The molecule has 1 aromatic carbocycles. The molecule has 0 fully saturated rings. The van der Waals surface area contributed by atoms with Crippen molar-refractivity contribution in [2.45, 2.75) is 13.2 Å². The van der Waals surface area contributed by atoms with Gasteiger partial charge in [0.25, 0.3) is 5.91 Å². The highest BCUT2D eigenvalue weighted by atomic mass is 16.7. The van der Waals surface area contributed by atoms with Gasteiger partial charge in [0.15, 0.2) is 11.5 Å². The number of amides is 1. The molecule has 7 heteroatoms. The van der Waals surface area contributed by atoms with Gasteiger partial charge in [0.2, 0.25) is 6.79 Å². The number of aromatic nitrogens is 1. The Hall–Kier alpha value is -2.80. The van der Waals surface area contributed by atoms with Crippen molar-refractivity contribution in [1.29, 1.82) is 0 Å². The van der Waals surface area contributed by atoms with Gasteiger partial charge in [-0.2, -0.15) is 0 Å². The summed E-state index contributed by atoms with van der Waals surface area (Å²) in [5, 5.41) is 2.81. The number of fused-ring (bicyclic) bond motifs is 1. The molecule has 2 heterocycles. The number of benzene rings is 1. The fourth-order valence-corrected chi connectivity index (χ4v) is 2.27. The van der Waals surface area contributed by atoms with E-state index in [0.717, 1.165) is 5.56 Å². The Balaban J connectivity index is 1.65. The maximum absolute atomic E-state index is 12.2. The highest BCUT2D eigenvalue weighted by molar-refractivity contribution is 5.98. The number of nitrogens with one attached hydrogen (secondary N) is 1. The van der Waals surface area contributed by atoms with E-state index in [4.69, 9.17) is 19.9 Å². The van der Waals surface area contributed by atoms with Crippen molar-refractivity contribution >= 4 is 11.7 Å². The molecule has 2 aromatic rings. The highest BCUT2D eigenvalue weighted by Gasteiger charge is 2.15. The highest BCUT2D eigenvalue weighted by Crippen LogP contribution is 2.32. The molecule has 23 heavy (non-hydrogen) atoms. The van der Waals surface area contributed by atoms with Gasteiger partial charge in [-0.15, -0.1) is 0 Å². The van der Waals surface area contributed by atoms with Crippen LogP contribution in [-0.2, 0) is 17.9 Å². The zero-order valence-electron chi connectivity index (χ0n) is 12.7. The summed E-state index contributed by atoms with van der Waals surface area (Å²) in [5.41, 5.74) is 7.76. The molecule has 0 unspecified atom stereocenters. The molecule has 3 rings (SSSR count). The molecule has 0 saturated heterocycles. The Bertz CT molecular complexity index is 733. The lowest BCUT2D eigenvalue weighted by Gasteiger charge is -2.09. The van der Waals surface area contributed by atoms with Crippen LogP contribution in [0, 0.1) is 0 Å². The third-order valence-corrected chi connectivity index (χ3v) is 3.41. The number of nitrogens with two attached hydrogens (primary N) is 1. The normalized spacial score (nSPS) is 12.2. The summed E-state index contributed by atoms with van der Waals surface area (Å²) in [6, 6.07) is 8.89. The van der Waals surface area contributed by atoms with E-state index in [0.29, 0.717) is 35.9 Å². The fraction of sp³-hybridized carbons (Fsp3) is 0.250. The van der Waals surface area contributed by atoms with Gasteiger partial charge in [0.1, 0.15) is 5.82 Å². The Kier molecular flexibility index (Phi) is 4.29. The van der Waals surface area contributed by atoms with Gasteiger partial charge in [-0.3, -0.25) is 4.79 Å². The first-order valence-corrected chi connectivity index (χ1v) is 7.08. The first kappa shape index (κ1) is 15.1. The van der Waals surface area contributed by atoms with E-state index in [1.165, 1.54) is 0 Å². The monoisotopic (exact) mass is 315 g/mol. The van der Waals surface area contributed by atoms with Crippen LogP contribution in [0.2, 0.25) is 0 Å². The van der Waals surface area contributed by atoms with E-state index in [1.54, 1.807) is 19.2 Å². The zero-order chi connectivity index (χ0) is 16.2. The maximum Gasteiger partial charge on any atom is 0.255 e. The number of nitrogen functional groups attached to an aromatic ring is 1. The zero-order valence-corrected chi connectivity index (χ0v) is 12.7. The van der Waals surface area contributed by atoms with Gasteiger partial charge < -0.3 is 25.3 Å². The Morgan fingerprint density at radius 1 is 1.30 bits per heavy atom. The second-order valence-corrected chi connectivity index (χ2v) is 5.04. The molecule has 1 aliphatic heterocycles. The third kappa shape index (κ3) is 3.35. The molecule has 3 N–H and O–H groups in total. The van der Waals surface area contributed by atoms with Crippen LogP contribution in [0.4, 0.5) is 5.82 Å². The van der Waals surface area contributed by atoms with E-state index in [9.17, 15) is 4.79 Å².